The molecule has 4 rings (SSSR count). The minimum absolute atomic E-state index is 0.00207. The molecule has 0 aliphatic carbocycles. The summed E-state index contributed by atoms with van der Waals surface area (Å²) in [5, 5.41) is 21.7. The first-order valence-electron chi connectivity index (χ1n) is 11.2. The molecule has 0 bridgehead atoms. The van der Waals surface area contributed by atoms with Crippen molar-refractivity contribution in [2.45, 2.75) is 43.9 Å². The molecule has 1 fully saturated rings. The number of carbonyl (C=O) groups excluding carboxylic acids is 1. The zero-order valence-corrected chi connectivity index (χ0v) is 18.6. The zero-order chi connectivity index (χ0) is 23.8. The van der Waals surface area contributed by atoms with Gasteiger partial charge in [-0.25, -0.2) is 4.79 Å². The Morgan fingerprint density at radius 2 is 1.32 bits per heavy atom. The van der Waals surface area contributed by atoms with E-state index in [4.69, 9.17) is 18.9 Å². The molecule has 3 aromatic rings. The smallest absolute Gasteiger partial charge is 0.338 e. The Kier molecular flexibility index (Phi) is 8.41. The van der Waals surface area contributed by atoms with Gasteiger partial charge in [0.25, 0.3) is 0 Å². The number of aliphatic hydroxyl groups excluding tert-OH is 2. The molecule has 2 N–H and O–H groups in total. The Morgan fingerprint density at radius 1 is 0.765 bits per heavy atom. The van der Waals surface area contributed by atoms with Crippen LogP contribution < -0.4 is 0 Å². The van der Waals surface area contributed by atoms with E-state index >= 15 is 0 Å². The molecular formula is C27H28O7. The van der Waals surface area contributed by atoms with Gasteiger partial charge in [-0.1, -0.05) is 78.9 Å². The van der Waals surface area contributed by atoms with Crippen LogP contribution in [-0.2, 0) is 32.2 Å². The first-order valence-corrected chi connectivity index (χ1v) is 11.2. The lowest BCUT2D eigenvalue weighted by atomic mass is 9.98. The maximum Gasteiger partial charge on any atom is 0.338 e. The van der Waals surface area contributed by atoms with E-state index in [1.54, 1.807) is 30.3 Å². The summed E-state index contributed by atoms with van der Waals surface area (Å²) in [5.74, 6) is -0.629. The van der Waals surface area contributed by atoms with Crippen LogP contribution in [0.2, 0.25) is 0 Å². The highest BCUT2D eigenvalue weighted by atomic mass is 16.7. The molecule has 0 unspecified atom stereocenters. The SMILES string of the molecule is O=C(O[C@H]1[C@@H](O)[C@@H](COCc2ccccc2)O[C@H](O)[C@@H]1OCc1ccccc1)c1ccccc1. The molecule has 1 aliphatic rings. The van der Waals surface area contributed by atoms with Gasteiger partial charge in [-0.2, -0.15) is 0 Å². The molecule has 34 heavy (non-hydrogen) atoms. The molecule has 0 spiro atoms. The van der Waals surface area contributed by atoms with Gasteiger partial charge in [0.1, 0.15) is 18.3 Å². The second-order valence-corrected chi connectivity index (χ2v) is 8.05. The lowest BCUT2D eigenvalue weighted by Crippen LogP contribution is -2.60. The summed E-state index contributed by atoms with van der Waals surface area (Å²) in [7, 11) is 0. The van der Waals surface area contributed by atoms with Crippen LogP contribution in [0, 0.1) is 0 Å². The van der Waals surface area contributed by atoms with Crippen LogP contribution in [0.25, 0.3) is 0 Å². The largest absolute Gasteiger partial charge is 0.453 e. The second-order valence-electron chi connectivity index (χ2n) is 8.05. The van der Waals surface area contributed by atoms with Gasteiger partial charge in [0.05, 0.1) is 25.4 Å². The van der Waals surface area contributed by atoms with Crippen LogP contribution in [0.3, 0.4) is 0 Å². The maximum absolute atomic E-state index is 12.7. The van der Waals surface area contributed by atoms with Crippen LogP contribution in [0.5, 0.6) is 0 Å². The van der Waals surface area contributed by atoms with Crippen LogP contribution in [0.4, 0.5) is 0 Å². The Labute approximate surface area is 198 Å². The number of esters is 1. The van der Waals surface area contributed by atoms with Gasteiger partial charge in [0, 0.05) is 0 Å². The minimum Gasteiger partial charge on any atom is -0.453 e. The highest BCUT2D eigenvalue weighted by Crippen LogP contribution is 2.27. The van der Waals surface area contributed by atoms with Crippen molar-refractivity contribution in [2.24, 2.45) is 0 Å². The summed E-state index contributed by atoms with van der Waals surface area (Å²) < 4.78 is 22.8. The fraction of sp³-hybridized carbons (Fsp3) is 0.296. The standard InChI is InChI=1S/C27H28O7/c28-23-22(18-31-16-19-10-4-1-5-11-19)33-27(30)25(32-17-20-12-6-2-7-13-20)24(23)34-26(29)21-14-8-3-9-15-21/h1-15,22-25,27-28,30H,16-18H2/t22-,23+,24+,25-,27+/m1/s1. The highest BCUT2D eigenvalue weighted by Gasteiger charge is 2.48. The quantitative estimate of drug-likeness (QED) is 0.470. The van der Waals surface area contributed by atoms with Gasteiger partial charge in [-0.15, -0.1) is 0 Å². The number of aliphatic hydroxyl groups is 2. The van der Waals surface area contributed by atoms with E-state index in [1.807, 2.05) is 60.7 Å². The van der Waals surface area contributed by atoms with E-state index in [0.717, 1.165) is 11.1 Å². The van der Waals surface area contributed by atoms with Crippen molar-refractivity contribution in [1.29, 1.82) is 0 Å². The zero-order valence-electron chi connectivity index (χ0n) is 18.6. The average Bonchev–Trinajstić information content (AvgIpc) is 2.88. The van der Waals surface area contributed by atoms with Crippen LogP contribution in [0.1, 0.15) is 21.5 Å². The third-order valence-corrected chi connectivity index (χ3v) is 5.57. The van der Waals surface area contributed by atoms with E-state index in [9.17, 15) is 15.0 Å². The van der Waals surface area contributed by atoms with Gasteiger partial charge < -0.3 is 29.2 Å². The number of hydrogen-bond donors (Lipinski definition) is 2. The first kappa shape index (κ1) is 24.1. The van der Waals surface area contributed by atoms with Crippen molar-refractivity contribution in [3.63, 3.8) is 0 Å². The molecule has 7 nitrogen and oxygen atoms in total. The fourth-order valence-electron chi connectivity index (χ4n) is 3.76. The molecule has 1 saturated heterocycles. The Bertz CT molecular complexity index is 1010. The van der Waals surface area contributed by atoms with Gasteiger partial charge in [-0.05, 0) is 23.3 Å². The molecule has 0 saturated carbocycles. The molecule has 1 heterocycles. The molecule has 5 atom stereocenters. The van der Waals surface area contributed by atoms with Crippen molar-refractivity contribution >= 4 is 5.97 Å². The average molecular weight is 465 g/mol. The predicted octanol–water partition coefficient (Wildman–Crippen LogP) is 3.09. The van der Waals surface area contributed by atoms with E-state index in [1.165, 1.54) is 0 Å². The summed E-state index contributed by atoms with van der Waals surface area (Å²) in [6, 6.07) is 27.4. The van der Waals surface area contributed by atoms with E-state index < -0.39 is 36.7 Å². The molecule has 3 aromatic carbocycles. The number of carbonyl (C=O) groups is 1. The van der Waals surface area contributed by atoms with Gasteiger partial charge in [-0.3, -0.25) is 0 Å². The molecule has 0 radical (unpaired) electrons. The van der Waals surface area contributed by atoms with Crippen molar-refractivity contribution < 1.29 is 34.0 Å². The normalized spacial score (nSPS) is 24.5. The van der Waals surface area contributed by atoms with Crippen molar-refractivity contribution in [3.8, 4) is 0 Å². The number of ether oxygens (including phenoxy) is 4. The van der Waals surface area contributed by atoms with Crippen molar-refractivity contribution in [2.75, 3.05) is 6.61 Å². The third-order valence-electron chi connectivity index (χ3n) is 5.57. The Hall–Kier alpha value is -3.07. The van der Waals surface area contributed by atoms with E-state index in [0.29, 0.717) is 12.2 Å². The summed E-state index contributed by atoms with van der Waals surface area (Å²) in [4.78, 5) is 12.7. The van der Waals surface area contributed by atoms with Gasteiger partial charge in [0.2, 0.25) is 0 Å². The molecule has 0 aromatic heterocycles. The van der Waals surface area contributed by atoms with Gasteiger partial charge in [0.15, 0.2) is 12.4 Å². The van der Waals surface area contributed by atoms with E-state index in [-0.39, 0.29) is 13.2 Å². The highest BCUT2D eigenvalue weighted by molar-refractivity contribution is 5.89. The number of rotatable bonds is 9. The number of hydrogen-bond acceptors (Lipinski definition) is 7. The maximum atomic E-state index is 12.7. The van der Waals surface area contributed by atoms with Crippen LogP contribution >= 0.6 is 0 Å². The summed E-state index contributed by atoms with van der Waals surface area (Å²) in [5.41, 5.74) is 2.16. The predicted molar refractivity (Wildman–Crippen MR) is 124 cm³/mol. The van der Waals surface area contributed by atoms with Crippen LogP contribution in [0.15, 0.2) is 91.0 Å². The Morgan fingerprint density at radius 3 is 1.94 bits per heavy atom. The molecule has 7 heteroatoms. The number of benzene rings is 3. The van der Waals surface area contributed by atoms with Crippen molar-refractivity contribution in [3.05, 3.63) is 108 Å². The molecular weight excluding hydrogens is 436 g/mol. The summed E-state index contributed by atoms with van der Waals surface area (Å²) in [6.45, 7) is 0.455. The van der Waals surface area contributed by atoms with E-state index in [2.05, 4.69) is 0 Å². The molecule has 178 valence electrons. The lowest BCUT2D eigenvalue weighted by Gasteiger charge is -2.42. The Balaban J connectivity index is 1.45. The van der Waals surface area contributed by atoms with Crippen LogP contribution in [-0.4, -0.2) is 53.5 Å². The third kappa shape index (κ3) is 6.28. The first-order chi connectivity index (χ1) is 16.6. The second kappa shape index (κ2) is 11.9. The van der Waals surface area contributed by atoms with Gasteiger partial charge >= 0.3 is 5.97 Å². The molecule has 1 aliphatic heterocycles. The lowest BCUT2D eigenvalue weighted by molar-refractivity contribution is -0.299. The topological polar surface area (TPSA) is 94.5 Å². The summed E-state index contributed by atoms with van der Waals surface area (Å²) in [6.07, 6.45) is -5.86. The fourth-order valence-corrected chi connectivity index (χ4v) is 3.76. The monoisotopic (exact) mass is 464 g/mol. The molecule has 0 amide bonds. The van der Waals surface area contributed by atoms with Crippen molar-refractivity contribution in [1.82, 2.24) is 0 Å². The minimum atomic E-state index is -1.42. The summed E-state index contributed by atoms with van der Waals surface area (Å²) >= 11 is 0.